The van der Waals surface area contributed by atoms with E-state index < -0.39 is 0 Å². The molecule has 1 N–H and O–H groups in total. The van der Waals surface area contributed by atoms with Gasteiger partial charge in [-0.05, 0) is 50.8 Å². The molecule has 112 valence electrons. The largest absolute Gasteiger partial charge is 0.491 e. The van der Waals surface area contributed by atoms with Gasteiger partial charge in [-0.3, -0.25) is 4.98 Å². The molecule has 0 saturated carbocycles. The van der Waals surface area contributed by atoms with Gasteiger partial charge in [0.2, 0.25) is 0 Å². The van der Waals surface area contributed by atoms with Crippen molar-refractivity contribution in [2.24, 2.45) is 5.92 Å². The van der Waals surface area contributed by atoms with E-state index in [9.17, 15) is 0 Å². The van der Waals surface area contributed by atoms with Gasteiger partial charge in [0.1, 0.15) is 5.75 Å². The first-order valence-electron chi connectivity index (χ1n) is 7.67. The Balaban J connectivity index is 1.91. The van der Waals surface area contributed by atoms with Crippen molar-refractivity contribution in [2.75, 3.05) is 26.4 Å². The monoisotopic (exact) mass is 278 g/mol. The molecule has 2 heterocycles. The SMILES string of the molecule is CCCNCc1nc(C)ccc1OCC1CCOCC1. The van der Waals surface area contributed by atoms with Gasteiger partial charge in [0, 0.05) is 25.5 Å². The number of nitrogens with one attached hydrogen (secondary N) is 1. The Hall–Kier alpha value is -1.13. The number of hydrogen-bond acceptors (Lipinski definition) is 4. The minimum absolute atomic E-state index is 0.613. The van der Waals surface area contributed by atoms with Crippen LogP contribution in [0.2, 0.25) is 0 Å². The summed E-state index contributed by atoms with van der Waals surface area (Å²) < 4.78 is 11.4. The summed E-state index contributed by atoms with van der Waals surface area (Å²) in [5, 5.41) is 3.39. The summed E-state index contributed by atoms with van der Waals surface area (Å²) in [5.41, 5.74) is 2.06. The Morgan fingerprint density at radius 3 is 2.90 bits per heavy atom. The lowest BCUT2D eigenvalue weighted by atomic mass is 10.0. The lowest BCUT2D eigenvalue weighted by molar-refractivity contribution is 0.0495. The number of pyridine rings is 1. The van der Waals surface area contributed by atoms with Crippen molar-refractivity contribution in [3.05, 3.63) is 23.5 Å². The number of aromatic nitrogens is 1. The fourth-order valence-electron chi connectivity index (χ4n) is 2.36. The topological polar surface area (TPSA) is 43.4 Å². The minimum atomic E-state index is 0.613. The quantitative estimate of drug-likeness (QED) is 0.779. The molecule has 1 aromatic heterocycles. The molecule has 0 unspecified atom stereocenters. The molecule has 20 heavy (non-hydrogen) atoms. The third-order valence-electron chi connectivity index (χ3n) is 3.61. The molecule has 1 aliphatic heterocycles. The predicted octanol–water partition coefficient (Wildman–Crippen LogP) is 2.70. The molecule has 0 atom stereocenters. The zero-order valence-electron chi connectivity index (χ0n) is 12.7. The van der Waals surface area contributed by atoms with Crippen LogP contribution in [0.1, 0.15) is 37.6 Å². The minimum Gasteiger partial charge on any atom is -0.491 e. The molecule has 1 aromatic rings. The van der Waals surface area contributed by atoms with E-state index in [1.54, 1.807) is 0 Å². The van der Waals surface area contributed by atoms with Crippen LogP contribution in [0.15, 0.2) is 12.1 Å². The lowest BCUT2D eigenvalue weighted by Gasteiger charge is -2.22. The first-order chi connectivity index (χ1) is 9.79. The molecule has 4 nitrogen and oxygen atoms in total. The summed E-state index contributed by atoms with van der Waals surface area (Å²) in [5.74, 6) is 1.53. The first kappa shape index (κ1) is 15.3. The molecular formula is C16H26N2O2. The molecule has 0 aliphatic carbocycles. The smallest absolute Gasteiger partial charge is 0.142 e. The first-order valence-corrected chi connectivity index (χ1v) is 7.67. The van der Waals surface area contributed by atoms with Gasteiger partial charge in [0.05, 0.1) is 12.3 Å². The van der Waals surface area contributed by atoms with Crippen LogP contribution in [0, 0.1) is 12.8 Å². The van der Waals surface area contributed by atoms with Crippen molar-refractivity contribution in [3.63, 3.8) is 0 Å². The van der Waals surface area contributed by atoms with E-state index in [1.165, 1.54) is 0 Å². The molecule has 2 rings (SSSR count). The molecule has 0 bridgehead atoms. The van der Waals surface area contributed by atoms with Crippen LogP contribution in [0.4, 0.5) is 0 Å². The zero-order valence-corrected chi connectivity index (χ0v) is 12.7. The van der Waals surface area contributed by atoms with E-state index in [0.29, 0.717) is 5.92 Å². The maximum Gasteiger partial charge on any atom is 0.142 e. The fraction of sp³-hybridized carbons (Fsp3) is 0.688. The van der Waals surface area contributed by atoms with Crippen LogP contribution in [-0.4, -0.2) is 31.3 Å². The number of ether oxygens (including phenoxy) is 2. The number of rotatable bonds is 7. The lowest BCUT2D eigenvalue weighted by Crippen LogP contribution is -2.22. The zero-order chi connectivity index (χ0) is 14.2. The van der Waals surface area contributed by atoms with Gasteiger partial charge in [-0.1, -0.05) is 6.92 Å². The highest BCUT2D eigenvalue weighted by atomic mass is 16.5. The Kier molecular flexibility index (Phi) is 6.27. The highest BCUT2D eigenvalue weighted by Gasteiger charge is 2.15. The van der Waals surface area contributed by atoms with Crippen molar-refractivity contribution < 1.29 is 9.47 Å². The number of aryl methyl sites for hydroxylation is 1. The standard InChI is InChI=1S/C16H26N2O2/c1-3-8-17-11-15-16(5-4-13(2)18-15)20-12-14-6-9-19-10-7-14/h4-5,14,17H,3,6-12H2,1-2H3. The molecular weight excluding hydrogens is 252 g/mol. The normalized spacial score (nSPS) is 16.3. The number of hydrogen-bond donors (Lipinski definition) is 1. The van der Waals surface area contributed by atoms with E-state index in [2.05, 4.69) is 17.2 Å². The summed E-state index contributed by atoms with van der Waals surface area (Å²) in [6.45, 7) is 8.48. The summed E-state index contributed by atoms with van der Waals surface area (Å²) in [6.07, 6.45) is 3.33. The average Bonchev–Trinajstić information content (AvgIpc) is 2.48. The fourth-order valence-corrected chi connectivity index (χ4v) is 2.36. The Morgan fingerprint density at radius 1 is 1.35 bits per heavy atom. The van der Waals surface area contributed by atoms with Crippen LogP contribution < -0.4 is 10.1 Å². The van der Waals surface area contributed by atoms with Crippen molar-refractivity contribution in [1.29, 1.82) is 0 Å². The van der Waals surface area contributed by atoms with Crippen molar-refractivity contribution in [1.82, 2.24) is 10.3 Å². The molecule has 4 heteroatoms. The van der Waals surface area contributed by atoms with Crippen LogP contribution in [0.25, 0.3) is 0 Å². The van der Waals surface area contributed by atoms with E-state index in [1.807, 2.05) is 19.1 Å². The van der Waals surface area contributed by atoms with Gasteiger partial charge in [0.15, 0.2) is 0 Å². The maximum absolute atomic E-state index is 6.00. The highest BCUT2D eigenvalue weighted by molar-refractivity contribution is 5.29. The number of nitrogens with zero attached hydrogens (tertiary/aromatic N) is 1. The van der Waals surface area contributed by atoms with Gasteiger partial charge in [-0.2, -0.15) is 0 Å². The summed E-state index contributed by atoms with van der Waals surface area (Å²) in [7, 11) is 0. The molecule has 0 aromatic carbocycles. The van der Waals surface area contributed by atoms with Crippen LogP contribution in [-0.2, 0) is 11.3 Å². The molecule has 0 amide bonds. The van der Waals surface area contributed by atoms with Crippen LogP contribution in [0.3, 0.4) is 0 Å². The Labute approximate surface area is 121 Å². The van der Waals surface area contributed by atoms with Gasteiger partial charge < -0.3 is 14.8 Å². The Bertz CT molecular complexity index is 403. The molecule has 0 radical (unpaired) electrons. The summed E-state index contributed by atoms with van der Waals surface area (Å²) >= 11 is 0. The second-order valence-corrected chi connectivity index (χ2v) is 5.44. The van der Waals surface area contributed by atoms with E-state index in [0.717, 1.165) is 69.3 Å². The van der Waals surface area contributed by atoms with Crippen molar-refractivity contribution in [3.8, 4) is 5.75 Å². The molecule has 1 saturated heterocycles. The van der Waals surface area contributed by atoms with E-state index in [4.69, 9.17) is 9.47 Å². The third-order valence-corrected chi connectivity index (χ3v) is 3.61. The van der Waals surface area contributed by atoms with Gasteiger partial charge >= 0.3 is 0 Å². The molecule has 1 fully saturated rings. The summed E-state index contributed by atoms with van der Waals surface area (Å²) in [6, 6.07) is 4.06. The van der Waals surface area contributed by atoms with Crippen LogP contribution >= 0.6 is 0 Å². The maximum atomic E-state index is 6.00. The van der Waals surface area contributed by atoms with Gasteiger partial charge in [-0.15, -0.1) is 0 Å². The third kappa shape index (κ3) is 4.76. The van der Waals surface area contributed by atoms with Crippen molar-refractivity contribution in [2.45, 2.75) is 39.7 Å². The molecule has 1 aliphatic rings. The van der Waals surface area contributed by atoms with Crippen LogP contribution in [0.5, 0.6) is 5.75 Å². The molecule has 0 spiro atoms. The highest BCUT2D eigenvalue weighted by Crippen LogP contribution is 2.21. The van der Waals surface area contributed by atoms with Crippen molar-refractivity contribution >= 4 is 0 Å². The van der Waals surface area contributed by atoms with Gasteiger partial charge in [-0.25, -0.2) is 0 Å². The second kappa shape index (κ2) is 8.22. The van der Waals surface area contributed by atoms with E-state index >= 15 is 0 Å². The second-order valence-electron chi connectivity index (χ2n) is 5.44. The predicted molar refractivity (Wildman–Crippen MR) is 80.0 cm³/mol. The Morgan fingerprint density at radius 2 is 2.15 bits per heavy atom. The van der Waals surface area contributed by atoms with E-state index in [-0.39, 0.29) is 0 Å². The summed E-state index contributed by atoms with van der Waals surface area (Å²) in [4.78, 5) is 4.60. The van der Waals surface area contributed by atoms with Gasteiger partial charge in [0.25, 0.3) is 0 Å². The average molecular weight is 278 g/mol.